The van der Waals surface area contributed by atoms with Gasteiger partial charge in [-0.2, -0.15) is 0 Å². The number of nitrogens with one attached hydrogen (secondary N) is 1. The number of nitrogens with zero attached hydrogens (tertiary/aromatic N) is 1. The van der Waals surface area contributed by atoms with Gasteiger partial charge in [-0.15, -0.1) is 0 Å². The first-order valence-corrected chi connectivity index (χ1v) is 7.75. The summed E-state index contributed by atoms with van der Waals surface area (Å²) >= 11 is 3.50. The van der Waals surface area contributed by atoms with Gasteiger partial charge < -0.3 is 10.2 Å². The first-order chi connectivity index (χ1) is 8.75. The third-order valence-electron chi connectivity index (χ3n) is 3.82. The topological polar surface area (TPSA) is 15.3 Å². The van der Waals surface area contributed by atoms with Crippen LogP contribution in [0.4, 0.5) is 5.69 Å². The molecule has 0 radical (unpaired) electrons. The highest BCUT2D eigenvalue weighted by atomic mass is 79.9. The molecule has 0 spiro atoms. The van der Waals surface area contributed by atoms with Crippen LogP contribution < -0.4 is 5.32 Å². The summed E-state index contributed by atoms with van der Waals surface area (Å²) in [5, 5.41) is 3.48. The SMILES string of the molecule is CN(CCNc1cccc(Br)c1)C1CCCCC1. The molecule has 1 N–H and O–H groups in total. The summed E-state index contributed by atoms with van der Waals surface area (Å²) in [5.74, 6) is 0. The van der Waals surface area contributed by atoms with Gasteiger partial charge in [0.1, 0.15) is 0 Å². The van der Waals surface area contributed by atoms with Gasteiger partial charge in [-0.1, -0.05) is 41.3 Å². The molecule has 18 heavy (non-hydrogen) atoms. The Balaban J connectivity index is 1.71. The fourth-order valence-corrected chi connectivity index (χ4v) is 3.08. The average molecular weight is 311 g/mol. The summed E-state index contributed by atoms with van der Waals surface area (Å²) in [6, 6.07) is 9.17. The molecule has 0 bridgehead atoms. The van der Waals surface area contributed by atoms with Crippen LogP contribution in [0.3, 0.4) is 0 Å². The smallest absolute Gasteiger partial charge is 0.0351 e. The Morgan fingerprint density at radius 1 is 1.28 bits per heavy atom. The molecule has 0 amide bonds. The van der Waals surface area contributed by atoms with Gasteiger partial charge in [0, 0.05) is 29.3 Å². The van der Waals surface area contributed by atoms with E-state index in [1.807, 2.05) is 0 Å². The van der Waals surface area contributed by atoms with E-state index in [-0.39, 0.29) is 0 Å². The lowest BCUT2D eigenvalue weighted by Gasteiger charge is -2.31. The molecule has 100 valence electrons. The molecule has 1 saturated carbocycles. The summed E-state index contributed by atoms with van der Waals surface area (Å²) in [5.41, 5.74) is 1.20. The van der Waals surface area contributed by atoms with E-state index in [2.05, 4.69) is 57.5 Å². The van der Waals surface area contributed by atoms with Crippen LogP contribution in [0.2, 0.25) is 0 Å². The molecule has 0 aromatic heterocycles. The van der Waals surface area contributed by atoms with Crippen molar-refractivity contribution >= 4 is 21.6 Å². The van der Waals surface area contributed by atoms with Crippen LogP contribution in [0.1, 0.15) is 32.1 Å². The molecule has 2 rings (SSSR count). The van der Waals surface area contributed by atoms with E-state index in [4.69, 9.17) is 0 Å². The summed E-state index contributed by atoms with van der Waals surface area (Å²) in [4.78, 5) is 2.52. The van der Waals surface area contributed by atoms with Gasteiger partial charge in [-0.25, -0.2) is 0 Å². The first kappa shape index (κ1) is 13.9. The van der Waals surface area contributed by atoms with Crippen molar-refractivity contribution < 1.29 is 0 Å². The molecular formula is C15H23BrN2. The Morgan fingerprint density at radius 3 is 2.78 bits per heavy atom. The zero-order valence-corrected chi connectivity index (χ0v) is 12.7. The van der Waals surface area contributed by atoms with E-state index in [1.165, 1.54) is 37.8 Å². The van der Waals surface area contributed by atoms with Gasteiger partial charge in [0.2, 0.25) is 0 Å². The van der Waals surface area contributed by atoms with Crippen molar-refractivity contribution in [2.45, 2.75) is 38.1 Å². The standard InChI is InChI=1S/C15H23BrN2/c1-18(15-8-3-2-4-9-15)11-10-17-14-7-5-6-13(16)12-14/h5-7,12,15,17H,2-4,8-11H2,1H3. The van der Waals surface area contributed by atoms with E-state index < -0.39 is 0 Å². The summed E-state index contributed by atoms with van der Waals surface area (Å²) in [6.45, 7) is 2.14. The van der Waals surface area contributed by atoms with Crippen molar-refractivity contribution in [3.05, 3.63) is 28.7 Å². The second-order valence-corrected chi connectivity index (χ2v) is 6.13. The largest absolute Gasteiger partial charge is 0.384 e. The minimum Gasteiger partial charge on any atom is -0.384 e. The number of benzene rings is 1. The quantitative estimate of drug-likeness (QED) is 0.880. The minimum atomic E-state index is 0.808. The fourth-order valence-electron chi connectivity index (χ4n) is 2.68. The van der Waals surface area contributed by atoms with Gasteiger partial charge >= 0.3 is 0 Å². The van der Waals surface area contributed by atoms with E-state index in [0.29, 0.717) is 0 Å². The van der Waals surface area contributed by atoms with Crippen LogP contribution >= 0.6 is 15.9 Å². The second-order valence-electron chi connectivity index (χ2n) is 5.21. The summed E-state index contributed by atoms with van der Waals surface area (Å²) < 4.78 is 1.13. The van der Waals surface area contributed by atoms with Crippen LogP contribution in [0.25, 0.3) is 0 Å². The number of rotatable bonds is 5. The Hall–Kier alpha value is -0.540. The van der Waals surface area contributed by atoms with Gasteiger partial charge in [-0.05, 0) is 38.1 Å². The summed E-state index contributed by atoms with van der Waals surface area (Å²) in [6.07, 6.45) is 7.02. The predicted molar refractivity (Wildman–Crippen MR) is 82.1 cm³/mol. The van der Waals surface area contributed by atoms with Crippen molar-refractivity contribution in [1.82, 2.24) is 4.90 Å². The van der Waals surface area contributed by atoms with Crippen molar-refractivity contribution in [3.63, 3.8) is 0 Å². The first-order valence-electron chi connectivity index (χ1n) is 6.95. The fraction of sp³-hybridized carbons (Fsp3) is 0.600. The van der Waals surface area contributed by atoms with E-state index in [0.717, 1.165) is 23.6 Å². The van der Waals surface area contributed by atoms with Crippen LogP contribution in [0.15, 0.2) is 28.7 Å². The summed E-state index contributed by atoms with van der Waals surface area (Å²) in [7, 11) is 2.26. The highest BCUT2D eigenvalue weighted by Crippen LogP contribution is 2.21. The molecule has 1 aliphatic rings. The minimum absolute atomic E-state index is 0.808. The van der Waals surface area contributed by atoms with Gasteiger partial charge in [0.25, 0.3) is 0 Å². The molecule has 1 aliphatic carbocycles. The van der Waals surface area contributed by atoms with Gasteiger partial charge in [0.15, 0.2) is 0 Å². The maximum atomic E-state index is 3.50. The van der Waals surface area contributed by atoms with Crippen molar-refractivity contribution in [1.29, 1.82) is 0 Å². The zero-order chi connectivity index (χ0) is 12.8. The number of hydrogen-bond acceptors (Lipinski definition) is 2. The van der Waals surface area contributed by atoms with Gasteiger partial charge in [-0.3, -0.25) is 0 Å². The third-order valence-corrected chi connectivity index (χ3v) is 4.31. The average Bonchev–Trinajstić information content (AvgIpc) is 2.40. The van der Waals surface area contributed by atoms with Crippen LogP contribution in [-0.4, -0.2) is 31.1 Å². The normalized spacial score (nSPS) is 17.1. The highest BCUT2D eigenvalue weighted by Gasteiger charge is 2.17. The Bertz CT molecular complexity index is 361. The second kappa shape index (κ2) is 7.15. The molecular weight excluding hydrogens is 288 g/mol. The van der Waals surface area contributed by atoms with Crippen molar-refractivity contribution in [2.24, 2.45) is 0 Å². The van der Waals surface area contributed by atoms with Crippen molar-refractivity contribution in [3.8, 4) is 0 Å². The Labute approximate surface area is 119 Å². The van der Waals surface area contributed by atoms with E-state index >= 15 is 0 Å². The highest BCUT2D eigenvalue weighted by molar-refractivity contribution is 9.10. The molecule has 1 fully saturated rings. The Morgan fingerprint density at radius 2 is 2.06 bits per heavy atom. The molecule has 1 aromatic rings. The molecule has 0 aliphatic heterocycles. The molecule has 0 unspecified atom stereocenters. The van der Waals surface area contributed by atoms with E-state index in [1.54, 1.807) is 0 Å². The monoisotopic (exact) mass is 310 g/mol. The molecule has 0 heterocycles. The van der Waals surface area contributed by atoms with Crippen LogP contribution in [-0.2, 0) is 0 Å². The number of halogens is 1. The maximum Gasteiger partial charge on any atom is 0.0351 e. The van der Waals surface area contributed by atoms with Crippen LogP contribution in [0, 0.1) is 0 Å². The number of hydrogen-bond donors (Lipinski definition) is 1. The lowest BCUT2D eigenvalue weighted by Crippen LogP contribution is -2.36. The molecule has 0 saturated heterocycles. The van der Waals surface area contributed by atoms with Gasteiger partial charge in [0.05, 0.1) is 0 Å². The number of likely N-dealkylation sites (N-methyl/N-ethyl adjacent to an activating group) is 1. The van der Waals surface area contributed by atoms with Crippen molar-refractivity contribution in [2.75, 3.05) is 25.5 Å². The number of anilines is 1. The van der Waals surface area contributed by atoms with E-state index in [9.17, 15) is 0 Å². The maximum absolute atomic E-state index is 3.50. The Kier molecular flexibility index (Phi) is 5.51. The molecule has 1 aromatic carbocycles. The third kappa shape index (κ3) is 4.29. The zero-order valence-electron chi connectivity index (χ0n) is 11.2. The lowest BCUT2D eigenvalue weighted by molar-refractivity contribution is 0.198. The lowest BCUT2D eigenvalue weighted by atomic mass is 9.94. The predicted octanol–water partition coefficient (Wildman–Crippen LogP) is 4.13. The van der Waals surface area contributed by atoms with Crippen LogP contribution in [0.5, 0.6) is 0 Å². The molecule has 2 nitrogen and oxygen atoms in total. The molecule has 3 heteroatoms. The molecule has 0 atom stereocenters.